The molecular formula is C16H18N2O4. The van der Waals surface area contributed by atoms with Crippen molar-refractivity contribution < 1.29 is 18.7 Å². The summed E-state index contributed by atoms with van der Waals surface area (Å²) in [5, 5.41) is 0. The summed E-state index contributed by atoms with van der Waals surface area (Å²) in [4.78, 5) is 30.3. The van der Waals surface area contributed by atoms with Crippen molar-refractivity contribution in [2.75, 3.05) is 13.2 Å². The monoisotopic (exact) mass is 302 g/mol. The number of fused-ring (bicyclic) bond motifs is 1. The maximum atomic E-state index is 12.1. The second-order valence-electron chi connectivity index (χ2n) is 5.39. The number of esters is 1. The fourth-order valence-electron chi connectivity index (χ4n) is 2.90. The number of hydrogen-bond donors (Lipinski definition) is 0. The Morgan fingerprint density at radius 1 is 1.50 bits per heavy atom. The van der Waals surface area contributed by atoms with Gasteiger partial charge in [-0.1, -0.05) is 0 Å². The van der Waals surface area contributed by atoms with Crippen molar-refractivity contribution in [3.05, 3.63) is 29.2 Å². The van der Waals surface area contributed by atoms with E-state index in [-0.39, 0.29) is 18.8 Å². The van der Waals surface area contributed by atoms with Gasteiger partial charge in [-0.2, -0.15) is 0 Å². The lowest BCUT2D eigenvalue weighted by atomic mass is 10.1. The van der Waals surface area contributed by atoms with Crippen LogP contribution in [-0.4, -0.2) is 41.7 Å². The van der Waals surface area contributed by atoms with Gasteiger partial charge in [0.1, 0.15) is 17.4 Å². The number of aryl methyl sites for hydroxylation is 2. The third-order valence-electron chi connectivity index (χ3n) is 3.84. The molecule has 3 heterocycles. The minimum Gasteiger partial charge on any atom is -0.466 e. The standard InChI is InChI=1S/C16H18N2O4/c1-4-21-16(20)15-13(19)8-14-17-12(5-6-18(14)15)11-7-9(2)22-10(11)3/h5,7,15H,4,6,8H2,1-3H3. The molecule has 1 aromatic heterocycles. The molecule has 6 nitrogen and oxygen atoms in total. The average Bonchev–Trinajstić information content (AvgIpc) is 2.96. The Labute approximate surface area is 128 Å². The highest BCUT2D eigenvalue weighted by Gasteiger charge is 2.43. The summed E-state index contributed by atoms with van der Waals surface area (Å²) < 4.78 is 10.5. The van der Waals surface area contributed by atoms with Crippen molar-refractivity contribution in [2.45, 2.75) is 33.2 Å². The lowest BCUT2D eigenvalue weighted by Gasteiger charge is -2.26. The predicted octanol–water partition coefficient (Wildman–Crippen LogP) is 1.86. The van der Waals surface area contributed by atoms with E-state index in [0.29, 0.717) is 12.4 Å². The van der Waals surface area contributed by atoms with E-state index in [4.69, 9.17) is 9.15 Å². The Bertz CT molecular complexity index is 699. The molecule has 1 unspecified atom stereocenters. The summed E-state index contributed by atoms with van der Waals surface area (Å²) in [7, 11) is 0. The summed E-state index contributed by atoms with van der Waals surface area (Å²) >= 11 is 0. The Morgan fingerprint density at radius 2 is 2.27 bits per heavy atom. The largest absolute Gasteiger partial charge is 0.466 e. The number of carbonyl (C=O) groups excluding carboxylic acids is 2. The van der Waals surface area contributed by atoms with Crippen LogP contribution in [0.15, 0.2) is 21.6 Å². The van der Waals surface area contributed by atoms with Crippen LogP contribution in [0.5, 0.6) is 0 Å². The maximum absolute atomic E-state index is 12.1. The number of Topliss-reactive ketones (excluding diaryl/α,β-unsaturated/α-hetero) is 1. The Balaban J connectivity index is 1.87. The summed E-state index contributed by atoms with van der Waals surface area (Å²) in [5.74, 6) is 1.59. The molecule has 1 atom stereocenters. The van der Waals surface area contributed by atoms with Crippen LogP contribution >= 0.6 is 0 Å². The molecule has 22 heavy (non-hydrogen) atoms. The average molecular weight is 302 g/mol. The number of rotatable bonds is 3. The van der Waals surface area contributed by atoms with Crippen molar-refractivity contribution in [1.29, 1.82) is 0 Å². The van der Waals surface area contributed by atoms with Crippen molar-refractivity contribution in [1.82, 2.24) is 4.90 Å². The van der Waals surface area contributed by atoms with Crippen LogP contribution in [0.25, 0.3) is 5.70 Å². The van der Waals surface area contributed by atoms with Crippen molar-refractivity contribution >= 4 is 23.3 Å². The van der Waals surface area contributed by atoms with Crippen LogP contribution in [0, 0.1) is 13.8 Å². The molecule has 6 heteroatoms. The number of nitrogens with zero attached hydrogens (tertiary/aromatic N) is 2. The summed E-state index contributed by atoms with van der Waals surface area (Å²) in [6.45, 7) is 6.22. The van der Waals surface area contributed by atoms with Gasteiger partial charge in [0.05, 0.1) is 18.7 Å². The summed E-state index contributed by atoms with van der Waals surface area (Å²) in [6, 6.07) is 1.07. The van der Waals surface area contributed by atoms with Crippen LogP contribution in [0.1, 0.15) is 30.4 Å². The molecule has 0 amide bonds. The van der Waals surface area contributed by atoms with Gasteiger partial charge in [0.15, 0.2) is 11.8 Å². The molecule has 116 valence electrons. The van der Waals surface area contributed by atoms with Gasteiger partial charge in [0.2, 0.25) is 0 Å². The third kappa shape index (κ3) is 2.34. The van der Waals surface area contributed by atoms with Gasteiger partial charge in [-0.15, -0.1) is 0 Å². The van der Waals surface area contributed by atoms with E-state index in [2.05, 4.69) is 4.99 Å². The number of furan rings is 1. The molecule has 3 rings (SSSR count). The maximum Gasteiger partial charge on any atom is 0.336 e. The highest BCUT2D eigenvalue weighted by atomic mass is 16.5. The van der Waals surface area contributed by atoms with E-state index in [1.807, 2.05) is 26.0 Å². The highest BCUT2D eigenvalue weighted by molar-refractivity contribution is 6.19. The minimum absolute atomic E-state index is 0.160. The van der Waals surface area contributed by atoms with E-state index < -0.39 is 12.0 Å². The lowest BCUT2D eigenvalue weighted by Crippen LogP contribution is -2.43. The van der Waals surface area contributed by atoms with E-state index in [1.165, 1.54) is 0 Å². The van der Waals surface area contributed by atoms with Crippen LogP contribution < -0.4 is 0 Å². The van der Waals surface area contributed by atoms with Crippen LogP contribution in [-0.2, 0) is 14.3 Å². The van der Waals surface area contributed by atoms with Gasteiger partial charge in [-0.05, 0) is 32.9 Å². The van der Waals surface area contributed by atoms with Gasteiger partial charge in [-0.3, -0.25) is 4.79 Å². The molecular weight excluding hydrogens is 284 g/mol. The van der Waals surface area contributed by atoms with Crippen molar-refractivity contribution in [3.8, 4) is 0 Å². The van der Waals surface area contributed by atoms with E-state index in [0.717, 1.165) is 22.8 Å². The zero-order valence-electron chi connectivity index (χ0n) is 12.9. The SMILES string of the molecule is CCOC(=O)C1C(=O)CC2=NC(c3cc(C)oc3C)=CCN21. The van der Waals surface area contributed by atoms with Crippen LogP contribution in [0.4, 0.5) is 0 Å². The second-order valence-corrected chi connectivity index (χ2v) is 5.39. The number of amidine groups is 1. The van der Waals surface area contributed by atoms with Gasteiger partial charge in [0.25, 0.3) is 0 Å². The topological polar surface area (TPSA) is 72.1 Å². The second kappa shape index (κ2) is 5.44. The quantitative estimate of drug-likeness (QED) is 0.629. The smallest absolute Gasteiger partial charge is 0.336 e. The van der Waals surface area contributed by atoms with Gasteiger partial charge >= 0.3 is 5.97 Å². The molecule has 1 fully saturated rings. The first-order chi connectivity index (χ1) is 10.5. The number of hydrogen-bond acceptors (Lipinski definition) is 6. The molecule has 0 aromatic carbocycles. The first-order valence-corrected chi connectivity index (χ1v) is 7.32. The predicted molar refractivity (Wildman–Crippen MR) is 80.3 cm³/mol. The van der Waals surface area contributed by atoms with Gasteiger partial charge in [-0.25, -0.2) is 9.79 Å². The number of ether oxygens (including phenoxy) is 1. The first-order valence-electron chi connectivity index (χ1n) is 7.32. The number of ketones is 1. The highest BCUT2D eigenvalue weighted by Crippen LogP contribution is 2.30. The zero-order chi connectivity index (χ0) is 15.9. The molecule has 2 aliphatic rings. The number of carbonyl (C=O) groups is 2. The Hall–Kier alpha value is -2.37. The molecule has 0 N–H and O–H groups in total. The van der Waals surface area contributed by atoms with Gasteiger partial charge in [0, 0.05) is 12.1 Å². The Kier molecular flexibility index (Phi) is 3.60. The molecule has 1 saturated heterocycles. The lowest BCUT2D eigenvalue weighted by molar-refractivity contribution is -0.150. The molecule has 0 bridgehead atoms. The van der Waals surface area contributed by atoms with Crippen LogP contribution in [0.2, 0.25) is 0 Å². The fraction of sp³-hybridized carbons (Fsp3) is 0.438. The minimum atomic E-state index is -0.858. The zero-order valence-corrected chi connectivity index (χ0v) is 12.9. The van der Waals surface area contributed by atoms with E-state index in [1.54, 1.807) is 11.8 Å². The van der Waals surface area contributed by atoms with Crippen molar-refractivity contribution in [2.24, 2.45) is 4.99 Å². The molecule has 0 spiro atoms. The molecule has 0 radical (unpaired) electrons. The van der Waals surface area contributed by atoms with Gasteiger partial charge < -0.3 is 14.1 Å². The molecule has 0 saturated carbocycles. The summed E-state index contributed by atoms with van der Waals surface area (Å²) in [6.07, 6.45) is 2.07. The fourth-order valence-corrected chi connectivity index (χ4v) is 2.90. The van der Waals surface area contributed by atoms with Crippen LogP contribution in [0.3, 0.4) is 0 Å². The Morgan fingerprint density at radius 3 is 2.91 bits per heavy atom. The van der Waals surface area contributed by atoms with Crippen molar-refractivity contribution in [3.63, 3.8) is 0 Å². The summed E-state index contributed by atoms with van der Waals surface area (Å²) in [5.41, 5.74) is 1.72. The first kappa shape index (κ1) is 14.6. The molecule has 0 aliphatic carbocycles. The number of aliphatic imine (C=N–C) groups is 1. The molecule has 1 aromatic rings. The third-order valence-corrected chi connectivity index (χ3v) is 3.84. The van der Waals surface area contributed by atoms with E-state index >= 15 is 0 Å². The van der Waals surface area contributed by atoms with E-state index in [9.17, 15) is 9.59 Å². The normalized spacial score (nSPS) is 20.6. The molecule has 2 aliphatic heterocycles.